The number of rotatable bonds is 5. The molecule has 0 amide bonds. The van der Waals surface area contributed by atoms with E-state index in [0.29, 0.717) is 17.5 Å². The van der Waals surface area contributed by atoms with Gasteiger partial charge in [0.1, 0.15) is 5.69 Å². The second-order valence-corrected chi connectivity index (χ2v) is 12.4. The van der Waals surface area contributed by atoms with Gasteiger partial charge < -0.3 is 0 Å². The molecule has 47 heavy (non-hydrogen) atoms. The van der Waals surface area contributed by atoms with E-state index in [1.54, 1.807) is 11.3 Å². The van der Waals surface area contributed by atoms with Crippen molar-refractivity contribution in [1.82, 2.24) is 24.9 Å². The molecule has 9 aromatic rings. The minimum absolute atomic E-state index is 0.609. The molecule has 0 atom stereocenters. The van der Waals surface area contributed by atoms with Gasteiger partial charge in [0.25, 0.3) is 0 Å². The Balaban J connectivity index is 1.22. The van der Waals surface area contributed by atoms with Crippen molar-refractivity contribution in [1.29, 1.82) is 0 Å². The van der Waals surface area contributed by atoms with Gasteiger partial charge >= 0.3 is 0 Å². The van der Waals surface area contributed by atoms with Crippen LogP contribution in [0.25, 0.3) is 87.8 Å². The van der Waals surface area contributed by atoms with Gasteiger partial charge in [-0.15, -0.1) is 11.3 Å². The van der Waals surface area contributed by atoms with Crippen molar-refractivity contribution in [3.05, 3.63) is 152 Å². The van der Waals surface area contributed by atoms with Crippen LogP contribution in [0.2, 0.25) is 0 Å². The Labute approximate surface area is 275 Å². The summed E-state index contributed by atoms with van der Waals surface area (Å²) in [6.07, 6.45) is 1.90. The molecule has 0 saturated carbocycles. The molecule has 0 fully saturated rings. The molecule has 0 N–H and O–H groups in total. The van der Waals surface area contributed by atoms with Gasteiger partial charge in [-0.2, -0.15) is 0 Å². The van der Waals surface area contributed by atoms with Crippen LogP contribution in [-0.2, 0) is 0 Å². The maximum Gasteiger partial charge on any atom is 0.164 e. The van der Waals surface area contributed by atoms with Gasteiger partial charge in [-0.25, -0.2) is 19.9 Å². The largest absolute Gasteiger partial charge is 0.253 e. The van der Waals surface area contributed by atoms with Crippen LogP contribution in [0, 0.1) is 0 Å². The zero-order valence-electron chi connectivity index (χ0n) is 25.1. The van der Waals surface area contributed by atoms with Crippen LogP contribution in [0.3, 0.4) is 0 Å². The molecule has 0 bridgehead atoms. The van der Waals surface area contributed by atoms with Crippen molar-refractivity contribution in [2.45, 2.75) is 0 Å². The molecule has 0 saturated heterocycles. The molecular formula is C41H25N5S. The van der Waals surface area contributed by atoms with Crippen LogP contribution in [0.15, 0.2) is 152 Å². The van der Waals surface area contributed by atoms with Crippen LogP contribution >= 0.6 is 11.3 Å². The molecule has 0 aliphatic rings. The van der Waals surface area contributed by atoms with Crippen molar-refractivity contribution in [2.24, 2.45) is 0 Å². The predicted molar refractivity (Wildman–Crippen MR) is 193 cm³/mol. The van der Waals surface area contributed by atoms with Gasteiger partial charge in [-0.1, -0.05) is 121 Å². The highest BCUT2D eigenvalue weighted by Crippen LogP contribution is 2.41. The maximum absolute atomic E-state index is 5.32. The van der Waals surface area contributed by atoms with E-state index < -0.39 is 0 Å². The summed E-state index contributed by atoms with van der Waals surface area (Å²) in [4.78, 5) is 25.0. The highest BCUT2D eigenvalue weighted by atomic mass is 32.1. The van der Waals surface area contributed by atoms with Crippen LogP contribution < -0.4 is 0 Å². The van der Waals surface area contributed by atoms with Gasteiger partial charge in [-0.05, 0) is 29.7 Å². The lowest BCUT2D eigenvalue weighted by Gasteiger charge is -2.12. The summed E-state index contributed by atoms with van der Waals surface area (Å²) in [6.45, 7) is 0. The van der Waals surface area contributed by atoms with E-state index >= 15 is 0 Å². The quantitative estimate of drug-likeness (QED) is 0.192. The highest BCUT2D eigenvalue weighted by Gasteiger charge is 2.18. The molecule has 9 rings (SSSR count). The lowest BCUT2D eigenvalue weighted by molar-refractivity contribution is 1.07. The molecule has 0 aliphatic carbocycles. The third-order valence-corrected chi connectivity index (χ3v) is 9.57. The first kappa shape index (κ1) is 27.2. The number of hydrogen-bond acceptors (Lipinski definition) is 6. The zero-order valence-corrected chi connectivity index (χ0v) is 25.9. The summed E-state index contributed by atoms with van der Waals surface area (Å²) in [6, 6.07) is 49.6. The Morgan fingerprint density at radius 2 is 1.00 bits per heavy atom. The molecular weight excluding hydrogens is 595 g/mol. The molecule has 6 heteroatoms. The molecule has 0 unspecified atom stereocenters. The molecule has 4 aromatic heterocycles. The van der Waals surface area contributed by atoms with Crippen molar-refractivity contribution in [2.75, 3.05) is 0 Å². The fourth-order valence-electron chi connectivity index (χ4n) is 6.10. The molecule has 4 heterocycles. The molecule has 5 aromatic carbocycles. The first-order valence-electron chi connectivity index (χ1n) is 15.4. The molecule has 220 valence electrons. The topological polar surface area (TPSA) is 64.5 Å². The molecule has 0 spiro atoms. The first-order chi connectivity index (χ1) is 23.3. The lowest BCUT2D eigenvalue weighted by Crippen LogP contribution is -2.00. The fourth-order valence-corrected chi connectivity index (χ4v) is 7.29. The summed E-state index contributed by atoms with van der Waals surface area (Å²) < 4.78 is 2.39. The monoisotopic (exact) mass is 619 g/mol. The van der Waals surface area contributed by atoms with E-state index in [2.05, 4.69) is 72.8 Å². The number of hydrogen-bond donors (Lipinski definition) is 0. The van der Waals surface area contributed by atoms with Gasteiger partial charge in [0.05, 0.1) is 16.1 Å². The second kappa shape index (κ2) is 11.4. The summed E-state index contributed by atoms with van der Waals surface area (Å²) in [5.74, 6) is 1.87. The Morgan fingerprint density at radius 1 is 0.404 bits per heavy atom. The standard InChI is InChI=1S/C41H25N5S/c1-3-12-26(13-4-1)39-44-40(27-14-5-2-6-15-27)46-41(45-39)30-18-11-17-29(24-30)34-25-28-16-7-8-19-31(28)36(43-34)37-38-33(22-23-42-37)32-20-9-10-21-35(32)47-38/h1-25H. The second-order valence-electron chi connectivity index (χ2n) is 11.3. The molecule has 5 nitrogen and oxygen atoms in total. The zero-order chi connectivity index (χ0) is 31.2. The third kappa shape index (κ3) is 4.92. The molecule has 0 aliphatic heterocycles. The van der Waals surface area contributed by atoms with Crippen LogP contribution in [0.1, 0.15) is 0 Å². The summed E-state index contributed by atoms with van der Waals surface area (Å²) in [5, 5.41) is 4.62. The smallest absolute Gasteiger partial charge is 0.164 e. The van der Waals surface area contributed by atoms with Crippen molar-refractivity contribution >= 4 is 42.3 Å². The number of fused-ring (bicyclic) bond motifs is 4. The van der Waals surface area contributed by atoms with E-state index in [0.717, 1.165) is 54.8 Å². The van der Waals surface area contributed by atoms with Gasteiger partial charge in [0, 0.05) is 49.3 Å². The number of pyridine rings is 2. The molecule has 0 radical (unpaired) electrons. The van der Waals surface area contributed by atoms with E-state index in [4.69, 9.17) is 24.9 Å². The number of thiophene rings is 1. The average molecular weight is 620 g/mol. The minimum atomic E-state index is 0.609. The van der Waals surface area contributed by atoms with Crippen LogP contribution in [0.4, 0.5) is 0 Å². The summed E-state index contributed by atoms with van der Waals surface area (Å²) in [5.41, 5.74) is 6.37. The van der Waals surface area contributed by atoms with E-state index in [1.165, 1.54) is 15.5 Å². The van der Waals surface area contributed by atoms with Crippen molar-refractivity contribution in [3.8, 4) is 56.8 Å². The normalized spacial score (nSPS) is 11.4. The predicted octanol–water partition coefficient (Wildman–Crippen LogP) is 10.5. The number of benzene rings is 5. The minimum Gasteiger partial charge on any atom is -0.253 e. The first-order valence-corrected chi connectivity index (χ1v) is 16.2. The Morgan fingerprint density at radius 3 is 1.74 bits per heavy atom. The fraction of sp³-hybridized carbons (Fsp3) is 0. The Hall–Kier alpha value is -6.11. The van der Waals surface area contributed by atoms with Crippen LogP contribution in [-0.4, -0.2) is 24.9 Å². The van der Waals surface area contributed by atoms with Gasteiger partial charge in [0.2, 0.25) is 0 Å². The van der Waals surface area contributed by atoms with Gasteiger partial charge in [-0.3, -0.25) is 4.98 Å². The highest BCUT2D eigenvalue weighted by molar-refractivity contribution is 7.26. The van der Waals surface area contributed by atoms with Crippen molar-refractivity contribution < 1.29 is 0 Å². The summed E-state index contributed by atoms with van der Waals surface area (Å²) in [7, 11) is 0. The Kier molecular flexibility index (Phi) is 6.58. The lowest BCUT2D eigenvalue weighted by atomic mass is 10.0. The van der Waals surface area contributed by atoms with Gasteiger partial charge in [0.15, 0.2) is 17.5 Å². The van der Waals surface area contributed by atoms with E-state index in [9.17, 15) is 0 Å². The summed E-state index contributed by atoms with van der Waals surface area (Å²) >= 11 is 1.77. The number of aromatic nitrogens is 5. The SMILES string of the molecule is c1ccc(-c2nc(-c3ccccc3)nc(-c3cccc(-c4cc5ccccc5c(-c5nccc6c5sc5ccccc56)n4)c3)n2)cc1. The third-order valence-electron chi connectivity index (χ3n) is 8.37. The number of nitrogens with zero attached hydrogens (tertiary/aromatic N) is 5. The van der Waals surface area contributed by atoms with Crippen molar-refractivity contribution in [3.63, 3.8) is 0 Å². The maximum atomic E-state index is 5.32. The Bertz CT molecular complexity index is 2520. The van der Waals surface area contributed by atoms with E-state index in [-0.39, 0.29) is 0 Å². The van der Waals surface area contributed by atoms with Crippen LogP contribution in [0.5, 0.6) is 0 Å². The van der Waals surface area contributed by atoms with E-state index in [1.807, 2.05) is 79.0 Å². The average Bonchev–Trinajstić information content (AvgIpc) is 3.54.